The van der Waals surface area contributed by atoms with Crippen molar-refractivity contribution >= 4 is 33.8 Å². The maximum atomic E-state index is 12.3. The van der Waals surface area contributed by atoms with E-state index in [0.29, 0.717) is 16.9 Å². The van der Waals surface area contributed by atoms with Gasteiger partial charge in [0.2, 0.25) is 5.76 Å². The van der Waals surface area contributed by atoms with E-state index in [9.17, 15) is 9.59 Å². The Morgan fingerprint density at radius 2 is 1.75 bits per heavy atom. The second kappa shape index (κ2) is 7.23. The number of esters is 1. The molecule has 4 rings (SSSR count). The number of para-hydroxylation sites is 2. The van der Waals surface area contributed by atoms with Crippen LogP contribution in [0.1, 0.15) is 34.8 Å². The number of ether oxygens (including phenoxy) is 1. The van der Waals surface area contributed by atoms with Gasteiger partial charge in [-0.1, -0.05) is 36.4 Å². The van der Waals surface area contributed by atoms with Crippen molar-refractivity contribution in [2.24, 2.45) is 0 Å². The maximum absolute atomic E-state index is 12.3. The third-order valence-electron chi connectivity index (χ3n) is 4.61. The number of nitrogens with one attached hydrogen (secondary N) is 1. The minimum absolute atomic E-state index is 0.110. The van der Waals surface area contributed by atoms with Crippen molar-refractivity contribution in [2.45, 2.75) is 19.9 Å². The summed E-state index contributed by atoms with van der Waals surface area (Å²) >= 11 is 0. The fourth-order valence-electron chi connectivity index (χ4n) is 3.14. The van der Waals surface area contributed by atoms with Crippen molar-refractivity contribution < 1.29 is 23.2 Å². The molecule has 4 aromatic rings. The molecule has 0 bridgehead atoms. The molecule has 1 N–H and O–H groups in total. The number of hydrogen-bond donors (Lipinski definition) is 1. The molecule has 2 aromatic heterocycles. The van der Waals surface area contributed by atoms with Gasteiger partial charge in [0.25, 0.3) is 5.91 Å². The largest absolute Gasteiger partial charge is 0.459 e. The van der Waals surface area contributed by atoms with Crippen molar-refractivity contribution in [1.82, 2.24) is 5.32 Å². The van der Waals surface area contributed by atoms with Crippen LogP contribution >= 0.6 is 0 Å². The zero-order valence-corrected chi connectivity index (χ0v) is 15.5. The summed E-state index contributed by atoms with van der Waals surface area (Å²) in [6.07, 6.45) is 0. The van der Waals surface area contributed by atoms with Crippen LogP contribution in [0.2, 0.25) is 0 Å². The summed E-state index contributed by atoms with van der Waals surface area (Å²) in [6, 6.07) is 16.5. The molecule has 0 aliphatic heterocycles. The topological polar surface area (TPSA) is 81.7 Å². The van der Waals surface area contributed by atoms with E-state index in [1.807, 2.05) is 48.5 Å². The molecule has 28 heavy (non-hydrogen) atoms. The molecule has 142 valence electrons. The molecule has 6 nitrogen and oxygen atoms in total. The lowest BCUT2D eigenvalue weighted by Gasteiger charge is -2.11. The monoisotopic (exact) mass is 377 g/mol. The molecular weight excluding hydrogens is 358 g/mol. The Bertz CT molecular complexity index is 1140. The van der Waals surface area contributed by atoms with Gasteiger partial charge < -0.3 is 18.9 Å². The van der Waals surface area contributed by atoms with Gasteiger partial charge in [-0.05, 0) is 32.0 Å². The summed E-state index contributed by atoms with van der Waals surface area (Å²) in [6.45, 7) is 3.19. The van der Waals surface area contributed by atoms with Crippen LogP contribution in [-0.4, -0.2) is 18.5 Å². The highest BCUT2D eigenvalue weighted by Gasteiger charge is 2.21. The van der Waals surface area contributed by atoms with E-state index in [1.165, 1.54) is 0 Å². The Morgan fingerprint density at radius 1 is 1.04 bits per heavy atom. The van der Waals surface area contributed by atoms with Crippen LogP contribution in [0.15, 0.2) is 63.4 Å². The molecule has 1 amide bonds. The summed E-state index contributed by atoms with van der Waals surface area (Å²) in [4.78, 5) is 24.5. The summed E-state index contributed by atoms with van der Waals surface area (Å²) in [5.74, 6) is -0.344. The average molecular weight is 377 g/mol. The molecule has 0 aliphatic carbocycles. The van der Waals surface area contributed by atoms with E-state index in [0.717, 1.165) is 16.4 Å². The first-order valence-corrected chi connectivity index (χ1v) is 8.96. The number of rotatable bonds is 5. The number of carbonyl (C=O) groups excluding carboxylic acids is 2. The molecule has 0 aliphatic rings. The molecule has 0 radical (unpaired) electrons. The molecular formula is C22H19NO5. The molecule has 0 fully saturated rings. The Kier molecular flexibility index (Phi) is 4.61. The number of fused-ring (bicyclic) bond motifs is 2. The first kappa shape index (κ1) is 17.9. The molecule has 0 unspecified atom stereocenters. The van der Waals surface area contributed by atoms with E-state index in [1.54, 1.807) is 19.9 Å². The highest BCUT2D eigenvalue weighted by atomic mass is 16.5. The minimum Gasteiger partial charge on any atom is -0.459 e. The second-order valence-corrected chi connectivity index (χ2v) is 6.60. The van der Waals surface area contributed by atoms with Crippen LogP contribution < -0.4 is 5.32 Å². The number of hydrogen-bond acceptors (Lipinski definition) is 5. The van der Waals surface area contributed by atoms with Crippen LogP contribution in [0.4, 0.5) is 0 Å². The summed E-state index contributed by atoms with van der Waals surface area (Å²) < 4.78 is 16.4. The fourth-order valence-corrected chi connectivity index (χ4v) is 3.14. The van der Waals surface area contributed by atoms with E-state index in [4.69, 9.17) is 13.6 Å². The molecule has 0 spiro atoms. The van der Waals surface area contributed by atoms with Crippen molar-refractivity contribution in [3.8, 4) is 0 Å². The summed E-state index contributed by atoms with van der Waals surface area (Å²) in [5, 5.41) is 4.57. The van der Waals surface area contributed by atoms with Crippen LogP contribution in [-0.2, 0) is 9.53 Å². The molecule has 0 saturated heterocycles. The summed E-state index contributed by atoms with van der Waals surface area (Å²) in [5.41, 5.74) is 2.05. The SMILES string of the molecule is Cc1c(C(=O)OCC(=O)N[C@@H](C)c2cc3ccccc3o2)oc2ccccc12. The first-order chi connectivity index (χ1) is 13.5. The van der Waals surface area contributed by atoms with Gasteiger partial charge in [-0.15, -0.1) is 0 Å². The summed E-state index contributed by atoms with van der Waals surface area (Å²) in [7, 11) is 0. The number of carbonyl (C=O) groups is 2. The zero-order chi connectivity index (χ0) is 19.7. The zero-order valence-electron chi connectivity index (χ0n) is 15.5. The van der Waals surface area contributed by atoms with Gasteiger partial charge in [0.1, 0.15) is 16.9 Å². The van der Waals surface area contributed by atoms with Gasteiger partial charge >= 0.3 is 5.97 Å². The van der Waals surface area contributed by atoms with E-state index < -0.39 is 18.5 Å². The number of furan rings is 2. The van der Waals surface area contributed by atoms with Gasteiger partial charge in [-0.25, -0.2) is 4.79 Å². The molecule has 2 aromatic carbocycles. The third-order valence-corrected chi connectivity index (χ3v) is 4.61. The van der Waals surface area contributed by atoms with Crippen LogP contribution in [0.25, 0.3) is 21.9 Å². The molecule has 2 heterocycles. The van der Waals surface area contributed by atoms with E-state index in [2.05, 4.69) is 5.32 Å². The van der Waals surface area contributed by atoms with Crippen molar-refractivity contribution in [1.29, 1.82) is 0 Å². The molecule has 0 saturated carbocycles. The van der Waals surface area contributed by atoms with E-state index >= 15 is 0 Å². The van der Waals surface area contributed by atoms with Gasteiger partial charge in [-0.2, -0.15) is 0 Å². The highest BCUT2D eigenvalue weighted by Crippen LogP contribution is 2.26. The minimum atomic E-state index is -0.666. The molecule has 6 heteroatoms. The standard InChI is InChI=1S/C22H19NO5/c1-13-16-8-4-6-10-18(16)28-21(13)22(25)26-12-20(24)23-14(2)19-11-15-7-3-5-9-17(15)27-19/h3-11,14H,12H2,1-2H3,(H,23,24)/t14-/m0/s1. The van der Waals surface area contributed by atoms with Gasteiger partial charge in [0.15, 0.2) is 6.61 Å². The number of aryl methyl sites for hydroxylation is 1. The van der Waals surface area contributed by atoms with Crippen molar-refractivity contribution in [3.05, 3.63) is 71.7 Å². The number of benzene rings is 2. The van der Waals surface area contributed by atoms with Crippen molar-refractivity contribution in [3.63, 3.8) is 0 Å². The Balaban J connectivity index is 1.38. The van der Waals surface area contributed by atoms with Crippen molar-refractivity contribution in [2.75, 3.05) is 6.61 Å². The third kappa shape index (κ3) is 3.36. The van der Waals surface area contributed by atoms with Crippen LogP contribution in [0.3, 0.4) is 0 Å². The molecule has 1 atom stereocenters. The maximum Gasteiger partial charge on any atom is 0.375 e. The Labute approximate surface area is 161 Å². The Hall–Kier alpha value is -3.54. The lowest BCUT2D eigenvalue weighted by molar-refractivity contribution is -0.125. The normalized spacial score (nSPS) is 12.2. The van der Waals surface area contributed by atoms with Crippen LogP contribution in [0.5, 0.6) is 0 Å². The first-order valence-electron chi connectivity index (χ1n) is 8.96. The fraction of sp³-hybridized carbons (Fsp3) is 0.182. The quantitative estimate of drug-likeness (QED) is 0.517. The smallest absolute Gasteiger partial charge is 0.375 e. The van der Waals surface area contributed by atoms with Gasteiger partial charge in [-0.3, -0.25) is 4.79 Å². The van der Waals surface area contributed by atoms with Gasteiger partial charge in [0, 0.05) is 16.3 Å². The average Bonchev–Trinajstić information content (AvgIpc) is 3.28. The van der Waals surface area contributed by atoms with Crippen LogP contribution in [0, 0.1) is 6.92 Å². The lowest BCUT2D eigenvalue weighted by Crippen LogP contribution is -2.31. The lowest BCUT2D eigenvalue weighted by atomic mass is 10.1. The number of amides is 1. The van der Waals surface area contributed by atoms with E-state index in [-0.39, 0.29) is 11.8 Å². The predicted molar refractivity (Wildman–Crippen MR) is 104 cm³/mol. The Morgan fingerprint density at radius 3 is 2.50 bits per heavy atom. The van der Waals surface area contributed by atoms with Gasteiger partial charge in [0.05, 0.1) is 6.04 Å². The second-order valence-electron chi connectivity index (χ2n) is 6.60. The highest BCUT2D eigenvalue weighted by molar-refractivity contribution is 5.96. The predicted octanol–water partition coefficient (Wildman–Crippen LogP) is 4.52.